The molecular weight excluding hydrogens is 278 g/mol. The SMILES string of the molecule is CCCc1cccc(C2CCC(Cc3ccc(N)cc3)CC2)c1. The van der Waals surface area contributed by atoms with E-state index < -0.39 is 0 Å². The quantitative estimate of drug-likeness (QED) is 0.700. The zero-order valence-electron chi connectivity index (χ0n) is 14.3. The van der Waals surface area contributed by atoms with Crippen molar-refractivity contribution in [1.29, 1.82) is 0 Å². The maximum Gasteiger partial charge on any atom is 0.0314 e. The molecule has 0 heterocycles. The minimum atomic E-state index is 0.773. The van der Waals surface area contributed by atoms with Crippen LogP contribution >= 0.6 is 0 Å². The number of aryl methyl sites for hydroxylation is 1. The van der Waals surface area contributed by atoms with E-state index in [1.54, 1.807) is 5.56 Å². The Morgan fingerprint density at radius 2 is 1.65 bits per heavy atom. The molecule has 0 amide bonds. The number of hydrogen-bond acceptors (Lipinski definition) is 1. The number of anilines is 1. The molecule has 0 aromatic heterocycles. The Morgan fingerprint density at radius 1 is 0.913 bits per heavy atom. The molecule has 0 atom stereocenters. The Balaban J connectivity index is 1.55. The van der Waals surface area contributed by atoms with E-state index in [0.717, 1.165) is 17.5 Å². The van der Waals surface area contributed by atoms with Gasteiger partial charge in [0.05, 0.1) is 0 Å². The van der Waals surface area contributed by atoms with E-state index in [1.807, 2.05) is 12.1 Å². The van der Waals surface area contributed by atoms with E-state index in [-0.39, 0.29) is 0 Å². The van der Waals surface area contributed by atoms with Crippen LogP contribution in [0.1, 0.15) is 61.6 Å². The van der Waals surface area contributed by atoms with Crippen LogP contribution in [-0.2, 0) is 12.8 Å². The molecule has 3 rings (SSSR count). The molecule has 1 heteroatoms. The predicted octanol–water partition coefficient (Wildman–Crippen LogP) is 5.74. The minimum Gasteiger partial charge on any atom is -0.399 e. The molecule has 2 aromatic rings. The van der Waals surface area contributed by atoms with Gasteiger partial charge in [0, 0.05) is 5.69 Å². The van der Waals surface area contributed by atoms with Crippen molar-refractivity contribution in [3.8, 4) is 0 Å². The summed E-state index contributed by atoms with van der Waals surface area (Å²) in [7, 11) is 0. The van der Waals surface area contributed by atoms with E-state index >= 15 is 0 Å². The fraction of sp³-hybridized carbons (Fsp3) is 0.455. The van der Waals surface area contributed by atoms with Gasteiger partial charge in [0.15, 0.2) is 0 Å². The van der Waals surface area contributed by atoms with Crippen molar-refractivity contribution < 1.29 is 0 Å². The summed E-state index contributed by atoms with van der Waals surface area (Å²) in [5.74, 6) is 1.61. The van der Waals surface area contributed by atoms with Gasteiger partial charge in [-0.25, -0.2) is 0 Å². The first-order valence-electron chi connectivity index (χ1n) is 9.18. The van der Waals surface area contributed by atoms with Crippen LogP contribution in [0.4, 0.5) is 5.69 Å². The van der Waals surface area contributed by atoms with Crippen molar-refractivity contribution >= 4 is 5.69 Å². The standard InChI is InChI=1S/C22H29N/c1-2-4-17-5-3-6-21(16-17)20-11-7-18(8-12-20)15-19-9-13-22(23)14-10-19/h3,5-6,9-10,13-14,16,18,20H,2,4,7-8,11-12,15,23H2,1H3. The lowest BCUT2D eigenvalue weighted by Gasteiger charge is -2.29. The highest BCUT2D eigenvalue weighted by molar-refractivity contribution is 5.39. The smallest absolute Gasteiger partial charge is 0.0314 e. The Bertz CT molecular complexity index is 606. The molecule has 0 aliphatic heterocycles. The first-order chi connectivity index (χ1) is 11.2. The van der Waals surface area contributed by atoms with Crippen molar-refractivity contribution in [3.63, 3.8) is 0 Å². The monoisotopic (exact) mass is 307 g/mol. The zero-order chi connectivity index (χ0) is 16.1. The second-order valence-corrected chi connectivity index (χ2v) is 7.16. The molecule has 2 aromatic carbocycles. The third kappa shape index (κ3) is 4.37. The molecule has 1 aliphatic carbocycles. The van der Waals surface area contributed by atoms with Gasteiger partial charge >= 0.3 is 0 Å². The van der Waals surface area contributed by atoms with Gasteiger partial charge in [-0.15, -0.1) is 0 Å². The molecule has 0 spiro atoms. The molecule has 1 fully saturated rings. The van der Waals surface area contributed by atoms with Crippen molar-refractivity contribution in [1.82, 2.24) is 0 Å². The second-order valence-electron chi connectivity index (χ2n) is 7.16. The topological polar surface area (TPSA) is 26.0 Å². The number of benzene rings is 2. The summed E-state index contributed by atoms with van der Waals surface area (Å²) in [6, 6.07) is 17.8. The van der Waals surface area contributed by atoms with E-state index in [0.29, 0.717) is 0 Å². The van der Waals surface area contributed by atoms with Crippen LogP contribution in [0, 0.1) is 5.92 Å². The Morgan fingerprint density at radius 3 is 2.35 bits per heavy atom. The average molecular weight is 307 g/mol. The Hall–Kier alpha value is -1.76. The van der Waals surface area contributed by atoms with Gasteiger partial charge < -0.3 is 5.73 Å². The van der Waals surface area contributed by atoms with Crippen LogP contribution < -0.4 is 5.73 Å². The Labute approximate surface area is 140 Å². The summed E-state index contributed by atoms with van der Waals surface area (Å²) < 4.78 is 0. The summed E-state index contributed by atoms with van der Waals surface area (Å²) in [5, 5.41) is 0. The summed E-state index contributed by atoms with van der Waals surface area (Å²) in [6.07, 6.45) is 9.05. The molecular formula is C22H29N. The van der Waals surface area contributed by atoms with Gasteiger partial charge in [-0.2, -0.15) is 0 Å². The fourth-order valence-corrected chi connectivity index (χ4v) is 3.98. The number of hydrogen-bond donors (Lipinski definition) is 1. The molecule has 0 radical (unpaired) electrons. The maximum atomic E-state index is 5.78. The fourth-order valence-electron chi connectivity index (χ4n) is 3.98. The molecule has 1 aliphatic rings. The lowest BCUT2D eigenvalue weighted by Crippen LogP contribution is -2.15. The van der Waals surface area contributed by atoms with E-state index in [9.17, 15) is 0 Å². The van der Waals surface area contributed by atoms with Crippen molar-refractivity contribution in [2.45, 2.75) is 57.8 Å². The van der Waals surface area contributed by atoms with Gasteiger partial charge in [-0.05, 0) is 79.2 Å². The first kappa shape index (κ1) is 16.1. The molecule has 1 saturated carbocycles. The van der Waals surface area contributed by atoms with E-state index in [1.165, 1.54) is 56.1 Å². The first-order valence-corrected chi connectivity index (χ1v) is 9.18. The van der Waals surface area contributed by atoms with Crippen LogP contribution in [0.3, 0.4) is 0 Å². The number of nitrogens with two attached hydrogens (primary N) is 1. The van der Waals surface area contributed by atoms with Gasteiger partial charge in [0.25, 0.3) is 0 Å². The summed E-state index contributed by atoms with van der Waals surface area (Å²) >= 11 is 0. The van der Waals surface area contributed by atoms with Gasteiger partial charge in [-0.3, -0.25) is 0 Å². The summed E-state index contributed by atoms with van der Waals surface area (Å²) in [4.78, 5) is 0. The third-order valence-corrected chi connectivity index (χ3v) is 5.31. The van der Waals surface area contributed by atoms with E-state index in [2.05, 4.69) is 43.3 Å². The lowest BCUT2D eigenvalue weighted by atomic mass is 9.76. The molecule has 122 valence electrons. The van der Waals surface area contributed by atoms with Crippen molar-refractivity contribution in [2.24, 2.45) is 5.92 Å². The van der Waals surface area contributed by atoms with Gasteiger partial charge in [0.2, 0.25) is 0 Å². The highest BCUT2D eigenvalue weighted by atomic mass is 14.5. The van der Waals surface area contributed by atoms with Crippen molar-refractivity contribution in [2.75, 3.05) is 5.73 Å². The third-order valence-electron chi connectivity index (χ3n) is 5.31. The molecule has 2 N–H and O–H groups in total. The van der Waals surface area contributed by atoms with Crippen LogP contribution in [0.2, 0.25) is 0 Å². The normalized spacial score (nSPS) is 21.3. The molecule has 1 nitrogen and oxygen atoms in total. The predicted molar refractivity (Wildman–Crippen MR) is 99.7 cm³/mol. The molecule has 0 saturated heterocycles. The largest absolute Gasteiger partial charge is 0.399 e. The average Bonchev–Trinajstić information content (AvgIpc) is 2.58. The Kier molecular flexibility index (Phi) is 5.38. The van der Waals surface area contributed by atoms with Crippen LogP contribution in [0.15, 0.2) is 48.5 Å². The highest BCUT2D eigenvalue weighted by Gasteiger charge is 2.22. The molecule has 0 unspecified atom stereocenters. The van der Waals surface area contributed by atoms with Crippen LogP contribution in [0.5, 0.6) is 0 Å². The maximum absolute atomic E-state index is 5.78. The van der Waals surface area contributed by atoms with Crippen molar-refractivity contribution in [3.05, 3.63) is 65.2 Å². The van der Waals surface area contributed by atoms with Gasteiger partial charge in [-0.1, -0.05) is 49.7 Å². The summed E-state index contributed by atoms with van der Waals surface area (Å²) in [6.45, 7) is 2.26. The van der Waals surface area contributed by atoms with Crippen LogP contribution in [0.25, 0.3) is 0 Å². The van der Waals surface area contributed by atoms with Gasteiger partial charge in [0.1, 0.15) is 0 Å². The second kappa shape index (κ2) is 7.68. The zero-order valence-corrected chi connectivity index (χ0v) is 14.3. The lowest BCUT2D eigenvalue weighted by molar-refractivity contribution is 0.324. The summed E-state index contributed by atoms with van der Waals surface area (Å²) in [5.41, 5.74) is 11.2. The molecule has 0 bridgehead atoms. The van der Waals surface area contributed by atoms with E-state index in [4.69, 9.17) is 5.73 Å². The number of rotatable bonds is 5. The number of nitrogen functional groups attached to an aromatic ring is 1. The molecule has 23 heavy (non-hydrogen) atoms. The minimum absolute atomic E-state index is 0.773. The highest BCUT2D eigenvalue weighted by Crippen LogP contribution is 2.37. The van der Waals surface area contributed by atoms with Crippen LogP contribution in [-0.4, -0.2) is 0 Å².